The van der Waals surface area contributed by atoms with E-state index in [1.807, 2.05) is 41.3 Å². The Morgan fingerprint density at radius 3 is 1.86 bits per heavy atom. The number of amides is 1. The molecule has 3 aromatic rings. The quantitative estimate of drug-likeness (QED) is 0.539. The van der Waals surface area contributed by atoms with Gasteiger partial charge in [0.25, 0.3) is 0 Å². The molecule has 0 saturated heterocycles. The fraction of sp³-hybridized carbons (Fsp3) is 0.240. The van der Waals surface area contributed by atoms with E-state index in [4.69, 9.17) is 0 Å². The molecule has 0 bridgehead atoms. The Hall–Kier alpha value is -2.94. The van der Waals surface area contributed by atoms with Gasteiger partial charge in [-0.3, -0.25) is 4.79 Å². The van der Waals surface area contributed by atoms with Gasteiger partial charge in [0.15, 0.2) is 0 Å². The number of hydrogen-bond donors (Lipinski definition) is 0. The van der Waals surface area contributed by atoms with Gasteiger partial charge in [0.1, 0.15) is 5.82 Å². The van der Waals surface area contributed by atoms with E-state index in [0.29, 0.717) is 6.54 Å². The molecule has 0 spiro atoms. The lowest BCUT2D eigenvalue weighted by Crippen LogP contribution is -2.41. The summed E-state index contributed by atoms with van der Waals surface area (Å²) in [6.45, 7) is 0.462. The van der Waals surface area contributed by atoms with E-state index in [1.165, 1.54) is 12.1 Å². The van der Waals surface area contributed by atoms with Gasteiger partial charge in [0.05, 0.1) is 6.04 Å². The van der Waals surface area contributed by atoms with Crippen molar-refractivity contribution in [3.05, 3.63) is 107 Å². The molecule has 4 rings (SSSR count). The minimum Gasteiger partial charge on any atom is -0.327 e. The molecule has 28 heavy (non-hydrogen) atoms. The van der Waals surface area contributed by atoms with Crippen LogP contribution in [0.1, 0.15) is 42.0 Å². The molecule has 0 unspecified atom stereocenters. The predicted octanol–water partition coefficient (Wildman–Crippen LogP) is 5.74. The lowest BCUT2D eigenvalue weighted by molar-refractivity contribution is -0.140. The summed E-state index contributed by atoms with van der Waals surface area (Å²) in [5.74, 6) is 0.0203. The highest BCUT2D eigenvalue weighted by molar-refractivity contribution is 5.80. The molecule has 2 nitrogen and oxygen atoms in total. The van der Waals surface area contributed by atoms with E-state index < -0.39 is 0 Å². The first-order valence-electron chi connectivity index (χ1n) is 9.87. The second-order valence-electron chi connectivity index (χ2n) is 7.44. The Kier molecular flexibility index (Phi) is 5.52. The maximum atomic E-state index is 13.4. The molecule has 1 saturated carbocycles. The normalized spacial score (nSPS) is 13.9. The number of carbonyl (C=O) groups is 1. The molecule has 1 aliphatic carbocycles. The highest BCUT2D eigenvalue weighted by Crippen LogP contribution is 2.36. The molecule has 0 atom stereocenters. The third-order valence-corrected chi connectivity index (χ3v) is 5.55. The average Bonchev–Trinajstić information content (AvgIpc) is 2.69. The van der Waals surface area contributed by atoms with Crippen molar-refractivity contribution < 1.29 is 9.18 Å². The van der Waals surface area contributed by atoms with Crippen molar-refractivity contribution in [1.82, 2.24) is 4.90 Å². The minimum atomic E-state index is -0.261. The SMILES string of the molecule is O=C(C1CCC1)N(Cc1ccc(F)cc1)C(c1ccccc1)c1ccccc1. The smallest absolute Gasteiger partial charge is 0.226 e. The van der Waals surface area contributed by atoms with Crippen molar-refractivity contribution in [3.8, 4) is 0 Å². The fourth-order valence-electron chi connectivity index (χ4n) is 3.80. The summed E-state index contributed by atoms with van der Waals surface area (Å²) in [4.78, 5) is 15.4. The summed E-state index contributed by atoms with van der Waals surface area (Å²) in [5, 5.41) is 0. The molecule has 1 aliphatic rings. The Labute approximate surface area is 165 Å². The maximum absolute atomic E-state index is 13.4. The van der Waals surface area contributed by atoms with Crippen LogP contribution in [-0.2, 0) is 11.3 Å². The van der Waals surface area contributed by atoms with Gasteiger partial charge in [-0.15, -0.1) is 0 Å². The zero-order chi connectivity index (χ0) is 19.3. The van der Waals surface area contributed by atoms with Crippen molar-refractivity contribution in [1.29, 1.82) is 0 Å². The zero-order valence-electron chi connectivity index (χ0n) is 15.8. The summed E-state index contributed by atoms with van der Waals surface area (Å²) in [6, 6.07) is 26.6. The molecule has 0 aliphatic heterocycles. The number of carbonyl (C=O) groups excluding carboxylic acids is 1. The van der Waals surface area contributed by atoms with Gasteiger partial charge in [0.2, 0.25) is 5.91 Å². The number of benzene rings is 3. The number of nitrogens with zero attached hydrogens (tertiary/aromatic N) is 1. The van der Waals surface area contributed by atoms with Crippen LogP contribution in [0.4, 0.5) is 4.39 Å². The van der Waals surface area contributed by atoms with Crippen LogP contribution >= 0.6 is 0 Å². The van der Waals surface area contributed by atoms with Crippen LogP contribution < -0.4 is 0 Å². The molecule has 0 heterocycles. The van der Waals surface area contributed by atoms with Crippen molar-refractivity contribution >= 4 is 5.91 Å². The van der Waals surface area contributed by atoms with Gasteiger partial charge in [0, 0.05) is 12.5 Å². The van der Waals surface area contributed by atoms with Gasteiger partial charge >= 0.3 is 0 Å². The lowest BCUT2D eigenvalue weighted by Gasteiger charge is -2.37. The second-order valence-corrected chi connectivity index (χ2v) is 7.44. The maximum Gasteiger partial charge on any atom is 0.226 e. The second kappa shape index (κ2) is 8.39. The van der Waals surface area contributed by atoms with Gasteiger partial charge in [-0.25, -0.2) is 4.39 Å². The Balaban J connectivity index is 1.76. The molecule has 3 aromatic carbocycles. The average molecular weight is 373 g/mol. The van der Waals surface area contributed by atoms with E-state index in [1.54, 1.807) is 12.1 Å². The lowest BCUT2D eigenvalue weighted by atomic mass is 9.83. The standard InChI is InChI=1S/C25H24FNO/c26-23-16-14-19(15-17-23)18-27(25(28)22-12-7-13-22)24(20-8-3-1-4-9-20)21-10-5-2-6-11-21/h1-6,8-11,14-17,22,24H,7,12-13,18H2. The van der Waals surface area contributed by atoms with Crippen molar-refractivity contribution in [2.24, 2.45) is 5.92 Å². The van der Waals surface area contributed by atoms with E-state index in [-0.39, 0.29) is 23.7 Å². The van der Waals surface area contributed by atoms with Gasteiger partial charge in [-0.2, -0.15) is 0 Å². The first-order chi connectivity index (χ1) is 13.7. The number of rotatable bonds is 6. The van der Waals surface area contributed by atoms with Crippen LogP contribution in [0.25, 0.3) is 0 Å². The molecular weight excluding hydrogens is 349 g/mol. The highest BCUT2D eigenvalue weighted by atomic mass is 19.1. The zero-order valence-corrected chi connectivity index (χ0v) is 15.8. The van der Waals surface area contributed by atoms with Crippen LogP contribution in [0, 0.1) is 11.7 Å². The van der Waals surface area contributed by atoms with Gasteiger partial charge < -0.3 is 4.90 Å². The summed E-state index contributed by atoms with van der Waals surface area (Å²) in [6.07, 6.45) is 3.02. The Morgan fingerprint density at radius 1 is 0.857 bits per heavy atom. The molecule has 1 amide bonds. The fourth-order valence-corrected chi connectivity index (χ4v) is 3.80. The predicted molar refractivity (Wildman–Crippen MR) is 109 cm³/mol. The Bertz CT molecular complexity index is 865. The summed E-state index contributed by atoms with van der Waals surface area (Å²) < 4.78 is 13.4. The third-order valence-electron chi connectivity index (χ3n) is 5.55. The summed E-state index contributed by atoms with van der Waals surface area (Å²) in [7, 11) is 0. The highest BCUT2D eigenvalue weighted by Gasteiger charge is 2.34. The van der Waals surface area contributed by atoms with E-state index >= 15 is 0 Å². The number of hydrogen-bond acceptors (Lipinski definition) is 1. The molecule has 142 valence electrons. The van der Waals surface area contributed by atoms with Crippen molar-refractivity contribution in [2.45, 2.75) is 31.8 Å². The third kappa shape index (κ3) is 3.99. The van der Waals surface area contributed by atoms with Gasteiger partial charge in [-0.1, -0.05) is 79.2 Å². The molecule has 3 heteroatoms. The van der Waals surface area contributed by atoms with E-state index in [2.05, 4.69) is 24.3 Å². The van der Waals surface area contributed by atoms with Crippen LogP contribution in [0.15, 0.2) is 84.9 Å². The van der Waals surface area contributed by atoms with Crippen LogP contribution in [0.5, 0.6) is 0 Å². The topological polar surface area (TPSA) is 20.3 Å². The largest absolute Gasteiger partial charge is 0.327 e. The monoisotopic (exact) mass is 373 g/mol. The molecule has 1 fully saturated rings. The number of halogens is 1. The summed E-state index contributed by atoms with van der Waals surface area (Å²) >= 11 is 0. The molecule has 0 aromatic heterocycles. The van der Waals surface area contributed by atoms with E-state index in [9.17, 15) is 9.18 Å². The van der Waals surface area contributed by atoms with Crippen LogP contribution in [-0.4, -0.2) is 10.8 Å². The molecule has 0 N–H and O–H groups in total. The molecule has 0 radical (unpaired) electrons. The summed E-state index contributed by atoms with van der Waals surface area (Å²) in [5.41, 5.74) is 3.11. The van der Waals surface area contributed by atoms with Crippen molar-refractivity contribution in [3.63, 3.8) is 0 Å². The van der Waals surface area contributed by atoms with Crippen LogP contribution in [0.3, 0.4) is 0 Å². The Morgan fingerprint density at radius 2 is 1.39 bits per heavy atom. The van der Waals surface area contributed by atoms with E-state index in [0.717, 1.165) is 36.0 Å². The van der Waals surface area contributed by atoms with Gasteiger partial charge in [-0.05, 0) is 41.7 Å². The van der Waals surface area contributed by atoms with Crippen LogP contribution in [0.2, 0.25) is 0 Å². The first kappa shape index (κ1) is 18.4. The van der Waals surface area contributed by atoms with Crippen molar-refractivity contribution in [2.75, 3.05) is 0 Å². The first-order valence-corrected chi connectivity index (χ1v) is 9.87. The minimum absolute atomic E-state index is 0.0929. The molecular formula is C25H24FNO.